The van der Waals surface area contributed by atoms with Crippen LogP contribution in [0.4, 0.5) is 22.7 Å². The average Bonchev–Trinajstić information content (AvgIpc) is 4.07. The van der Waals surface area contributed by atoms with Crippen LogP contribution < -0.4 is 10.6 Å². The largest absolute Gasteiger partial charge is 0.356 e. The maximum Gasteiger partial charge on any atom is 0.0726 e. The van der Waals surface area contributed by atoms with Crippen molar-refractivity contribution in [2.24, 2.45) is 0 Å². The number of hydrogen-bond acceptors (Lipinski definition) is 3. The summed E-state index contributed by atoms with van der Waals surface area (Å²) in [5.74, 6) is 0. The monoisotopic (exact) mass is 886 g/mol. The highest BCUT2D eigenvalue weighted by atomic mass is 32.1. The molecule has 11 aromatic rings. The number of benzene rings is 10. The lowest BCUT2D eigenvalue weighted by Gasteiger charge is -2.30. The molecule has 10 aromatic carbocycles. The van der Waals surface area contributed by atoms with E-state index in [1.807, 2.05) is 11.3 Å². The van der Waals surface area contributed by atoms with Crippen molar-refractivity contribution in [1.29, 1.82) is 0 Å². The van der Waals surface area contributed by atoms with E-state index >= 15 is 0 Å². The van der Waals surface area contributed by atoms with Gasteiger partial charge in [-0.05, 0) is 162 Å². The van der Waals surface area contributed by atoms with Crippen molar-refractivity contribution in [2.45, 2.75) is 31.6 Å². The smallest absolute Gasteiger partial charge is 0.0726 e. The van der Waals surface area contributed by atoms with E-state index < -0.39 is 0 Å². The summed E-state index contributed by atoms with van der Waals surface area (Å²) in [6.45, 7) is 6.98. The van der Waals surface area contributed by atoms with Crippen LogP contribution in [0.3, 0.4) is 0 Å². The topological polar surface area (TPSA) is 24.1 Å². The predicted molar refractivity (Wildman–Crippen MR) is 288 cm³/mol. The zero-order valence-electron chi connectivity index (χ0n) is 38.1. The van der Waals surface area contributed by atoms with Crippen LogP contribution in [-0.2, 0) is 10.8 Å². The van der Waals surface area contributed by atoms with Crippen LogP contribution >= 0.6 is 11.3 Å². The average molecular weight is 887 g/mol. The minimum absolute atomic E-state index is 0.176. The first kappa shape index (κ1) is 39.2. The zero-order valence-corrected chi connectivity index (χ0v) is 38.9. The molecule has 0 amide bonds. The van der Waals surface area contributed by atoms with E-state index in [0.29, 0.717) is 0 Å². The quantitative estimate of drug-likeness (QED) is 0.174. The molecule has 0 atom stereocenters. The first-order valence-electron chi connectivity index (χ1n) is 23.7. The van der Waals surface area contributed by atoms with Gasteiger partial charge in [-0.3, -0.25) is 0 Å². The van der Waals surface area contributed by atoms with Crippen LogP contribution in [-0.4, -0.2) is 0 Å². The minimum atomic E-state index is -0.372. The molecule has 3 aliphatic carbocycles. The highest BCUT2D eigenvalue weighted by molar-refractivity contribution is 7.26. The molecule has 0 saturated heterocycles. The Bertz CT molecular complexity index is 3840. The molecule has 14 rings (SSSR count). The van der Waals surface area contributed by atoms with E-state index in [1.165, 1.54) is 115 Å². The molecule has 1 heterocycles. The van der Waals surface area contributed by atoms with Crippen molar-refractivity contribution in [3.63, 3.8) is 0 Å². The molecule has 0 fully saturated rings. The summed E-state index contributed by atoms with van der Waals surface area (Å²) in [5.41, 5.74) is 26.0. The summed E-state index contributed by atoms with van der Waals surface area (Å²) in [6.07, 6.45) is 0. The molecule has 2 N–H and O–H groups in total. The fraction of sp³-hybridized carbons (Fsp3) is 0.0769. The zero-order chi connectivity index (χ0) is 45.3. The van der Waals surface area contributed by atoms with Gasteiger partial charge in [-0.25, -0.2) is 0 Å². The molecule has 3 aliphatic rings. The molecule has 1 aromatic heterocycles. The summed E-state index contributed by atoms with van der Waals surface area (Å²) in [7, 11) is 0. The highest BCUT2D eigenvalue weighted by Crippen LogP contribution is 2.63. The van der Waals surface area contributed by atoms with Gasteiger partial charge in [-0.2, -0.15) is 0 Å². The Hall–Kier alpha value is -7.98. The number of thiophene rings is 1. The number of aryl methyl sites for hydroxylation is 1. The predicted octanol–water partition coefficient (Wildman–Crippen LogP) is 17.8. The SMILES string of the molecule is Cc1ccc(Nc2ccc3c(c2)C2(c4ccccc4-c4ccccc42)c2ccccc2-3)cc1-c1ccc2c(c1)C(C)(C)c1cc(Nc3ccc(-c4cccc5c4sc4ccccc45)cc3)ccc1-2. The van der Waals surface area contributed by atoms with E-state index in [1.54, 1.807) is 0 Å². The van der Waals surface area contributed by atoms with Crippen LogP contribution in [0.5, 0.6) is 0 Å². The second kappa shape index (κ2) is 14.5. The van der Waals surface area contributed by atoms with E-state index in [-0.39, 0.29) is 10.8 Å². The number of rotatable bonds is 6. The molecule has 0 bridgehead atoms. The Kier molecular flexibility index (Phi) is 8.37. The second-order valence-corrected chi connectivity index (χ2v) is 20.5. The van der Waals surface area contributed by atoms with Crippen molar-refractivity contribution >= 4 is 54.3 Å². The molecule has 0 saturated carbocycles. The summed E-state index contributed by atoms with van der Waals surface area (Å²) in [5, 5.41) is 10.3. The van der Waals surface area contributed by atoms with Crippen LogP contribution in [0.2, 0.25) is 0 Å². The van der Waals surface area contributed by atoms with Crippen molar-refractivity contribution < 1.29 is 0 Å². The van der Waals surface area contributed by atoms with Gasteiger partial charge in [0, 0.05) is 48.3 Å². The molecule has 0 aliphatic heterocycles. The van der Waals surface area contributed by atoms with Gasteiger partial charge in [0.05, 0.1) is 5.41 Å². The molecule has 3 heteroatoms. The third-order valence-corrected chi connectivity index (χ3v) is 16.6. The second-order valence-electron chi connectivity index (χ2n) is 19.4. The maximum absolute atomic E-state index is 3.88. The lowest BCUT2D eigenvalue weighted by Crippen LogP contribution is -2.25. The van der Waals surface area contributed by atoms with Crippen molar-refractivity contribution in [2.75, 3.05) is 10.6 Å². The fourth-order valence-electron chi connectivity index (χ4n) is 12.2. The molecule has 2 nitrogen and oxygen atoms in total. The third-order valence-electron chi connectivity index (χ3n) is 15.4. The Balaban J connectivity index is 0.754. The van der Waals surface area contributed by atoms with Crippen LogP contribution in [0.15, 0.2) is 212 Å². The van der Waals surface area contributed by atoms with Gasteiger partial charge in [0.1, 0.15) is 0 Å². The lowest BCUT2D eigenvalue weighted by molar-refractivity contribution is 0.661. The van der Waals surface area contributed by atoms with Crippen molar-refractivity contribution in [3.05, 3.63) is 251 Å². The van der Waals surface area contributed by atoms with Crippen molar-refractivity contribution in [1.82, 2.24) is 0 Å². The van der Waals surface area contributed by atoms with Gasteiger partial charge in [0.2, 0.25) is 0 Å². The van der Waals surface area contributed by atoms with Crippen LogP contribution in [0, 0.1) is 6.92 Å². The van der Waals surface area contributed by atoms with Gasteiger partial charge in [-0.1, -0.05) is 166 Å². The molecule has 322 valence electrons. The molecular weight excluding hydrogens is 841 g/mol. The molecule has 68 heavy (non-hydrogen) atoms. The first-order valence-corrected chi connectivity index (χ1v) is 24.6. The number of nitrogens with one attached hydrogen (secondary N) is 2. The van der Waals surface area contributed by atoms with Crippen molar-refractivity contribution in [3.8, 4) is 55.6 Å². The minimum Gasteiger partial charge on any atom is -0.356 e. The first-order chi connectivity index (χ1) is 33.3. The Labute approximate surface area is 401 Å². The normalized spacial score (nSPS) is 14.0. The Morgan fingerprint density at radius 2 is 0.809 bits per heavy atom. The Morgan fingerprint density at radius 3 is 1.50 bits per heavy atom. The number of hydrogen-bond donors (Lipinski definition) is 2. The highest BCUT2D eigenvalue weighted by Gasteiger charge is 2.51. The van der Waals surface area contributed by atoms with Gasteiger partial charge in [0.15, 0.2) is 0 Å². The third kappa shape index (κ3) is 5.57. The summed E-state index contributed by atoms with van der Waals surface area (Å²) >= 11 is 1.88. The van der Waals surface area contributed by atoms with Gasteiger partial charge >= 0.3 is 0 Å². The summed E-state index contributed by atoms with van der Waals surface area (Å²) in [6, 6.07) is 79.1. The molecule has 0 radical (unpaired) electrons. The van der Waals surface area contributed by atoms with Crippen LogP contribution in [0.1, 0.15) is 52.8 Å². The number of anilines is 4. The maximum atomic E-state index is 3.88. The summed E-state index contributed by atoms with van der Waals surface area (Å²) < 4.78 is 2.67. The molecule has 1 spiro atoms. The molecular formula is C65H46N2S. The number of fused-ring (bicyclic) bond motifs is 16. The fourth-order valence-corrected chi connectivity index (χ4v) is 13.4. The van der Waals surface area contributed by atoms with Crippen LogP contribution in [0.25, 0.3) is 75.8 Å². The standard InChI is InChI=1S/C65H46N2S/c1-39-23-27-43(67-45-31-34-52-49-15-6-10-21-58(49)65(61(52)38-45)56-19-8-4-13-47(56)48-14-5-9-20-57(48)65)36-55(39)41-26-32-50-51-33-30-44(37-60(51)64(2,3)59(50)35-41)66-42-28-24-40(25-29-42)46-17-12-18-54-53-16-7-11-22-62(53)68-63(46)54/h4-38,66-67H,1-3H3. The van der Waals surface area contributed by atoms with E-state index in [0.717, 1.165) is 22.7 Å². The van der Waals surface area contributed by atoms with E-state index in [2.05, 4.69) is 244 Å². The summed E-state index contributed by atoms with van der Waals surface area (Å²) in [4.78, 5) is 0. The van der Waals surface area contributed by atoms with Gasteiger partial charge in [0.25, 0.3) is 0 Å². The molecule has 0 unspecified atom stereocenters. The Morgan fingerprint density at radius 1 is 0.338 bits per heavy atom. The van der Waals surface area contributed by atoms with Gasteiger partial charge in [-0.15, -0.1) is 11.3 Å². The van der Waals surface area contributed by atoms with E-state index in [4.69, 9.17) is 0 Å². The lowest BCUT2D eigenvalue weighted by atomic mass is 9.70. The van der Waals surface area contributed by atoms with Gasteiger partial charge < -0.3 is 10.6 Å². The van der Waals surface area contributed by atoms with E-state index in [9.17, 15) is 0 Å².